The van der Waals surface area contributed by atoms with Crippen LogP contribution in [0.15, 0.2) is 0 Å². The number of hydrogen-bond donors (Lipinski definition) is 0. The van der Waals surface area contributed by atoms with Gasteiger partial charge in [-0.15, -0.1) is 0 Å². The lowest BCUT2D eigenvalue weighted by molar-refractivity contribution is -0.153. The van der Waals surface area contributed by atoms with Gasteiger partial charge in [-0.2, -0.15) is 0 Å². The van der Waals surface area contributed by atoms with Gasteiger partial charge in [0.1, 0.15) is 6.10 Å². The summed E-state index contributed by atoms with van der Waals surface area (Å²) < 4.78 is 16.8. The molecule has 6 nitrogen and oxygen atoms in total. The Hall–Kier alpha value is -1.59. The van der Waals surface area contributed by atoms with Crippen molar-refractivity contribution in [3.05, 3.63) is 0 Å². The first kappa shape index (κ1) is 36.4. The molecule has 2 atom stereocenters. The van der Waals surface area contributed by atoms with Crippen LogP contribution in [0.4, 0.5) is 0 Å². The molecule has 0 N–H and O–H groups in total. The number of ether oxygens (including phenoxy) is 3. The maximum atomic E-state index is 12.4. The van der Waals surface area contributed by atoms with Crippen molar-refractivity contribution < 1.29 is 28.6 Å². The minimum atomic E-state index is -0.249. The summed E-state index contributed by atoms with van der Waals surface area (Å²) in [5.74, 6) is -0.444. The van der Waals surface area contributed by atoms with E-state index in [0.717, 1.165) is 44.9 Å². The van der Waals surface area contributed by atoms with Crippen LogP contribution < -0.4 is 0 Å². The molecule has 0 rings (SSSR count). The molecule has 0 unspecified atom stereocenters. The van der Waals surface area contributed by atoms with E-state index in [9.17, 15) is 14.4 Å². The van der Waals surface area contributed by atoms with Crippen molar-refractivity contribution in [1.29, 1.82) is 0 Å². The number of hydrogen-bond acceptors (Lipinski definition) is 6. The second kappa shape index (κ2) is 27.0. The fraction of sp³-hybridized carbons (Fsp3) is 0.906. The van der Waals surface area contributed by atoms with Crippen LogP contribution in [0, 0.1) is 0 Å². The maximum Gasteiger partial charge on any atom is 0.306 e. The van der Waals surface area contributed by atoms with E-state index < -0.39 is 0 Å². The Kier molecular flexibility index (Phi) is 25.9. The van der Waals surface area contributed by atoms with E-state index in [-0.39, 0.29) is 30.1 Å². The van der Waals surface area contributed by atoms with Crippen molar-refractivity contribution in [1.82, 2.24) is 0 Å². The van der Waals surface area contributed by atoms with E-state index >= 15 is 0 Å². The average Bonchev–Trinajstić information content (AvgIpc) is 2.89. The minimum absolute atomic E-state index is 0.141. The molecule has 0 radical (unpaired) electrons. The third-order valence-electron chi connectivity index (χ3n) is 6.91. The summed E-state index contributed by atoms with van der Waals surface area (Å²) in [5, 5.41) is 0. The fourth-order valence-corrected chi connectivity index (χ4v) is 4.46. The topological polar surface area (TPSA) is 78.9 Å². The van der Waals surface area contributed by atoms with Gasteiger partial charge in [-0.3, -0.25) is 14.4 Å². The number of esters is 3. The lowest BCUT2D eigenvalue weighted by atomic mass is 10.1. The van der Waals surface area contributed by atoms with Crippen molar-refractivity contribution >= 4 is 17.9 Å². The molecule has 0 aromatic rings. The van der Waals surface area contributed by atoms with Crippen LogP contribution in [0.1, 0.15) is 169 Å². The normalized spacial score (nSPS) is 12.6. The molecule has 0 aromatic carbocycles. The van der Waals surface area contributed by atoms with Gasteiger partial charge in [0.05, 0.1) is 12.7 Å². The molecule has 0 saturated heterocycles. The monoisotopic (exact) mass is 540 g/mol. The lowest BCUT2D eigenvalue weighted by Gasteiger charge is -2.20. The Labute approximate surface area is 234 Å². The van der Waals surface area contributed by atoms with E-state index in [1.54, 1.807) is 0 Å². The largest absolute Gasteiger partial charge is 0.466 e. The molecule has 0 saturated carbocycles. The van der Waals surface area contributed by atoms with Gasteiger partial charge >= 0.3 is 17.9 Å². The van der Waals surface area contributed by atoms with Crippen LogP contribution in [0.5, 0.6) is 0 Å². The van der Waals surface area contributed by atoms with Gasteiger partial charge < -0.3 is 14.2 Å². The van der Waals surface area contributed by atoms with Crippen molar-refractivity contribution in [3.8, 4) is 0 Å². The first-order chi connectivity index (χ1) is 18.4. The number of carbonyl (C=O) groups excluding carboxylic acids is 3. The first-order valence-electron chi connectivity index (χ1n) is 16.0. The van der Waals surface area contributed by atoms with Crippen LogP contribution in [0.25, 0.3) is 0 Å². The van der Waals surface area contributed by atoms with Crippen molar-refractivity contribution in [2.24, 2.45) is 0 Å². The van der Waals surface area contributed by atoms with Gasteiger partial charge in [-0.1, -0.05) is 97.8 Å². The van der Waals surface area contributed by atoms with Gasteiger partial charge in [0.15, 0.2) is 0 Å². The SMILES string of the molecule is CCCCCCCC(=O)OCCC[C@@H](CC[C@H](C)OC(=O)CCCCCCC)OC(=O)CCCCCCC. The Morgan fingerprint density at radius 1 is 0.500 bits per heavy atom. The molecule has 0 spiro atoms. The Balaban J connectivity index is 4.42. The molecule has 0 aliphatic carbocycles. The molecule has 0 aliphatic heterocycles. The molecule has 38 heavy (non-hydrogen) atoms. The number of unbranched alkanes of at least 4 members (excludes halogenated alkanes) is 12. The Bertz CT molecular complexity index is 576. The third-order valence-corrected chi connectivity index (χ3v) is 6.91. The van der Waals surface area contributed by atoms with E-state index in [1.807, 2.05) is 6.92 Å². The summed E-state index contributed by atoms with van der Waals surface area (Å²) in [5.41, 5.74) is 0. The van der Waals surface area contributed by atoms with Gasteiger partial charge in [0.2, 0.25) is 0 Å². The van der Waals surface area contributed by atoms with Gasteiger partial charge in [0.25, 0.3) is 0 Å². The summed E-state index contributed by atoms with van der Waals surface area (Å²) in [6, 6.07) is 0. The lowest BCUT2D eigenvalue weighted by Crippen LogP contribution is -2.22. The van der Waals surface area contributed by atoms with E-state index in [0.29, 0.717) is 51.6 Å². The van der Waals surface area contributed by atoms with E-state index in [4.69, 9.17) is 14.2 Å². The van der Waals surface area contributed by atoms with Crippen LogP contribution in [-0.4, -0.2) is 36.7 Å². The minimum Gasteiger partial charge on any atom is -0.466 e. The zero-order valence-electron chi connectivity index (χ0n) is 25.4. The van der Waals surface area contributed by atoms with Crippen LogP contribution >= 0.6 is 0 Å². The summed E-state index contributed by atoms with van der Waals surface area (Å²) in [4.78, 5) is 36.6. The average molecular weight is 541 g/mol. The second-order valence-corrected chi connectivity index (χ2v) is 10.8. The fourth-order valence-electron chi connectivity index (χ4n) is 4.46. The van der Waals surface area contributed by atoms with E-state index in [1.165, 1.54) is 51.4 Å². The quantitative estimate of drug-likeness (QED) is 0.0587. The van der Waals surface area contributed by atoms with Gasteiger partial charge in [-0.25, -0.2) is 0 Å². The Morgan fingerprint density at radius 2 is 0.947 bits per heavy atom. The molecule has 224 valence electrons. The van der Waals surface area contributed by atoms with Crippen LogP contribution in [0.2, 0.25) is 0 Å². The Morgan fingerprint density at radius 3 is 1.45 bits per heavy atom. The summed E-state index contributed by atoms with van der Waals surface area (Å²) in [6.45, 7) is 8.79. The van der Waals surface area contributed by atoms with Crippen molar-refractivity contribution in [2.75, 3.05) is 6.61 Å². The standard InChI is InChI=1S/C32H60O6/c1-5-8-11-14-17-22-30(33)36-27-20-21-29(38-32(35)24-19-16-13-10-7-3)26-25-28(4)37-31(34)23-18-15-12-9-6-2/h28-29H,5-27H2,1-4H3/t28-,29-/m0/s1. The molecule has 0 fully saturated rings. The second-order valence-electron chi connectivity index (χ2n) is 10.8. The molecule has 0 heterocycles. The molecule has 0 aromatic heterocycles. The zero-order chi connectivity index (χ0) is 28.3. The molecule has 0 aliphatic rings. The molecule has 6 heteroatoms. The van der Waals surface area contributed by atoms with E-state index in [2.05, 4.69) is 20.8 Å². The third kappa shape index (κ3) is 24.7. The summed E-state index contributed by atoms with van der Waals surface area (Å²) in [7, 11) is 0. The van der Waals surface area contributed by atoms with Crippen molar-refractivity contribution in [2.45, 2.75) is 181 Å². The first-order valence-corrected chi connectivity index (χ1v) is 16.0. The maximum absolute atomic E-state index is 12.4. The molecular weight excluding hydrogens is 480 g/mol. The highest BCUT2D eigenvalue weighted by Crippen LogP contribution is 2.17. The predicted molar refractivity (Wildman–Crippen MR) is 155 cm³/mol. The number of carbonyl (C=O) groups is 3. The molecule has 0 bridgehead atoms. The zero-order valence-corrected chi connectivity index (χ0v) is 25.4. The number of rotatable bonds is 27. The summed E-state index contributed by atoms with van der Waals surface area (Å²) >= 11 is 0. The highest BCUT2D eigenvalue weighted by molar-refractivity contribution is 5.70. The summed E-state index contributed by atoms with van der Waals surface area (Å²) in [6.07, 6.45) is 20.0. The van der Waals surface area contributed by atoms with Gasteiger partial charge in [0, 0.05) is 19.3 Å². The van der Waals surface area contributed by atoms with Gasteiger partial charge in [-0.05, 0) is 51.9 Å². The highest BCUT2D eigenvalue weighted by Gasteiger charge is 2.18. The molecular formula is C32H60O6. The smallest absolute Gasteiger partial charge is 0.306 e. The predicted octanol–water partition coefficient (Wildman–Crippen LogP) is 9.02. The van der Waals surface area contributed by atoms with Crippen LogP contribution in [-0.2, 0) is 28.6 Å². The van der Waals surface area contributed by atoms with Crippen LogP contribution in [0.3, 0.4) is 0 Å². The highest BCUT2D eigenvalue weighted by atomic mass is 16.6. The van der Waals surface area contributed by atoms with Crippen molar-refractivity contribution in [3.63, 3.8) is 0 Å². The molecule has 0 amide bonds.